The molecule has 0 fully saturated rings. The summed E-state index contributed by atoms with van der Waals surface area (Å²) in [5.41, 5.74) is 4.66. The van der Waals surface area contributed by atoms with Gasteiger partial charge in [0.1, 0.15) is 5.01 Å². The summed E-state index contributed by atoms with van der Waals surface area (Å²) >= 11 is 1.47. The van der Waals surface area contributed by atoms with Crippen molar-refractivity contribution < 1.29 is 9.59 Å². The van der Waals surface area contributed by atoms with Crippen LogP contribution in [0.2, 0.25) is 0 Å². The van der Waals surface area contributed by atoms with Crippen molar-refractivity contribution in [2.24, 2.45) is 0 Å². The highest BCUT2D eigenvalue weighted by Gasteiger charge is 2.14. The van der Waals surface area contributed by atoms with Crippen molar-refractivity contribution in [1.29, 1.82) is 0 Å². The van der Waals surface area contributed by atoms with Gasteiger partial charge in [0, 0.05) is 29.9 Å². The summed E-state index contributed by atoms with van der Waals surface area (Å²) < 4.78 is 0. The second-order valence-corrected chi connectivity index (χ2v) is 8.18. The first-order chi connectivity index (χ1) is 15.6. The van der Waals surface area contributed by atoms with Crippen molar-refractivity contribution in [2.45, 2.75) is 19.9 Å². The van der Waals surface area contributed by atoms with E-state index in [4.69, 9.17) is 0 Å². The van der Waals surface area contributed by atoms with Crippen molar-refractivity contribution in [3.05, 3.63) is 101 Å². The van der Waals surface area contributed by atoms with E-state index in [1.807, 2.05) is 48.7 Å². The van der Waals surface area contributed by atoms with Gasteiger partial charge in [-0.15, -0.1) is 11.3 Å². The Morgan fingerprint density at radius 2 is 1.81 bits per heavy atom. The number of anilines is 1. The van der Waals surface area contributed by atoms with Gasteiger partial charge in [0.15, 0.2) is 0 Å². The van der Waals surface area contributed by atoms with E-state index in [9.17, 15) is 9.59 Å². The van der Waals surface area contributed by atoms with E-state index in [-0.39, 0.29) is 18.2 Å². The van der Waals surface area contributed by atoms with Crippen LogP contribution in [0.15, 0.2) is 78.4 Å². The maximum absolute atomic E-state index is 12.7. The topological polar surface area (TPSA) is 84.0 Å². The number of hydrogen-bond acceptors (Lipinski definition) is 5. The van der Waals surface area contributed by atoms with Gasteiger partial charge in [-0.05, 0) is 36.8 Å². The zero-order chi connectivity index (χ0) is 22.3. The maximum atomic E-state index is 12.7. The number of aromatic nitrogens is 2. The third-order valence-corrected chi connectivity index (χ3v) is 5.76. The number of nitrogens with one attached hydrogen (secondary N) is 2. The Morgan fingerprint density at radius 3 is 2.59 bits per heavy atom. The summed E-state index contributed by atoms with van der Waals surface area (Å²) in [6.45, 7) is 2.43. The second-order valence-electron chi connectivity index (χ2n) is 7.32. The number of aryl methyl sites for hydroxylation is 1. The number of amides is 2. The van der Waals surface area contributed by atoms with Crippen LogP contribution in [-0.2, 0) is 17.8 Å². The van der Waals surface area contributed by atoms with Gasteiger partial charge in [0.2, 0.25) is 5.91 Å². The van der Waals surface area contributed by atoms with E-state index < -0.39 is 0 Å². The fraction of sp³-hybridized carbons (Fsp3) is 0.120. The Morgan fingerprint density at radius 1 is 1.00 bits per heavy atom. The molecular weight excluding hydrogens is 420 g/mol. The number of rotatable bonds is 7. The molecule has 0 bridgehead atoms. The molecule has 2 aromatic heterocycles. The van der Waals surface area contributed by atoms with Crippen molar-refractivity contribution in [2.75, 3.05) is 5.32 Å². The zero-order valence-corrected chi connectivity index (χ0v) is 18.4. The normalized spacial score (nSPS) is 10.5. The monoisotopic (exact) mass is 442 g/mol. The van der Waals surface area contributed by atoms with Gasteiger partial charge in [0.25, 0.3) is 5.91 Å². The van der Waals surface area contributed by atoms with Crippen LogP contribution in [0.1, 0.15) is 27.2 Å². The summed E-state index contributed by atoms with van der Waals surface area (Å²) in [5, 5.41) is 8.44. The number of nitrogens with zero attached hydrogens (tertiary/aromatic N) is 2. The van der Waals surface area contributed by atoms with Crippen LogP contribution in [0.5, 0.6) is 0 Å². The largest absolute Gasteiger partial charge is 0.348 e. The number of benzene rings is 2. The van der Waals surface area contributed by atoms with E-state index in [2.05, 4.69) is 20.6 Å². The first-order valence-electron chi connectivity index (χ1n) is 10.2. The molecule has 0 saturated carbocycles. The van der Waals surface area contributed by atoms with E-state index in [0.717, 1.165) is 16.1 Å². The molecule has 4 rings (SSSR count). The lowest BCUT2D eigenvalue weighted by atomic mass is 10.1. The first-order valence-corrected chi connectivity index (χ1v) is 11.0. The van der Waals surface area contributed by atoms with Crippen molar-refractivity contribution in [3.63, 3.8) is 0 Å². The van der Waals surface area contributed by atoms with Crippen molar-refractivity contribution in [3.8, 4) is 10.6 Å². The molecule has 2 heterocycles. The quantitative estimate of drug-likeness (QED) is 0.437. The van der Waals surface area contributed by atoms with Crippen LogP contribution >= 0.6 is 11.3 Å². The van der Waals surface area contributed by atoms with Crippen LogP contribution in [0.3, 0.4) is 0 Å². The first kappa shape index (κ1) is 21.4. The molecule has 6 nitrogen and oxygen atoms in total. The molecule has 0 aliphatic carbocycles. The highest BCUT2D eigenvalue weighted by Crippen LogP contribution is 2.23. The van der Waals surface area contributed by atoms with Crippen LogP contribution < -0.4 is 10.6 Å². The minimum absolute atomic E-state index is 0.121. The SMILES string of the molecule is Cc1ccc(CNC(=O)c2ccccc2NC(=O)Cc2csc(-c3cccnc3)n2)cc1. The molecule has 4 aromatic rings. The number of hydrogen-bond donors (Lipinski definition) is 2. The molecule has 0 radical (unpaired) electrons. The molecule has 0 atom stereocenters. The zero-order valence-electron chi connectivity index (χ0n) is 17.5. The fourth-order valence-corrected chi connectivity index (χ4v) is 3.95. The van der Waals surface area contributed by atoms with Crippen LogP contribution in [0.4, 0.5) is 5.69 Å². The molecule has 0 spiro atoms. The van der Waals surface area contributed by atoms with E-state index in [0.29, 0.717) is 23.5 Å². The van der Waals surface area contributed by atoms with Crippen LogP contribution in [-0.4, -0.2) is 21.8 Å². The Hall–Kier alpha value is -3.84. The average molecular weight is 443 g/mol. The molecular formula is C25H22N4O2S. The van der Waals surface area contributed by atoms with Gasteiger partial charge in [-0.25, -0.2) is 4.98 Å². The van der Waals surface area contributed by atoms with E-state index >= 15 is 0 Å². The predicted molar refractivity (Wildman–Crippen MR) is 126 cm³/mol. The Bertz CT molecular complexity index is 1220. The molecule has 0 unspecified atom stereocenters. The highest BCUT2D eigenvalue weighted by molar-refractivity contribution is 7.13. The second kappa shape index (κ2) is 9.98. The van der Waals surface area contributed by atoms with E-state index in [1.165, 1.54) is 16.9 Å². The predicted octanol–water partition coefficient (Wildman–Crippen LogP) is 4.62. The van der Waals surface area contributed by atoms with Crippen LogP contribution in [0, 0.1) is 6.92 Å². The van der Waals surface area contributed by atoms with Gasteiger partial charge in [-0.3, -0.25) is 14.6 Å². The molecule has 2 amide bonds. The van der Waals surface area contributed by atoms with Crippen molar-refractivity contribution >= 4 is 28.8 Å². The molecule has 0 saturated heterocycles. The minimum Gasteiger partial charge on any atom is -0.348 e. The standard InChI is InChI=1S/C25H22N4O2S/c1-17-8-10-18(11-9-17)14-27-24(31)21-6-2-3-7-22(21)29-23(30)13-20-16-32-25(28-20)19-5-4-12-26-15-19/h2-12,15-16H,13-14H2,1H3,(H,27,31)(H,29,30). The molecule has 32 heavy (non-hydrogen) atoms. The average Bonchev–Trinajstić information content (AvgIpc) is 3.28. The molecule has 7 heteroatoms. The van der Waals surface area contributed by atoms with Gasteiger partial charge in [-0.2, -0.15) is 0 Å². The van der Waals surface area contributed by atoms with Gasteiger partial charge in [-0.1, -0.05) is 42.0 Å². The molecule has 2 aromatic carbocycles. The summed E-state index contributed by atoms with van der Waals surface area (Å²) in [4.78, 5) is 34.0. The number of thiazole rings is 1. The number of para-hydroxylation sites is 1. The van der Waals surface area contributed by atoms with Gasteiger partial charge in [0.05, 0.1) is 23.4 Å². The number of carbonyl (C=O) groups is 2. The Balaban J connectivity index is 1.39. The lowest BCUT2D eigenvalue weighted by Crippen LogP contribution is -2.25. The summed E-state index contributed by atoms with van der Waals surface area (Å²) in [5.74, 6) is -0.471. The molecule has 160 valence electrons. The van der Waals surface area contributed by atoms with Crippen LogP contribution in [0.25, 0.3) is 10.6 Å². The maximum Gasteiger partial charge on any atom is 0.253 e. The highest BCUT2D eigenvalue weighted by atomic mass is 32.1. The smallest absolute Gasteiger partial charge is 0.253 e. The summed E-state index contributed by atoms with van der Waals surface area (Å²) in [6, 6.07) is 18.7. The van der Waals surface area contributed by atoms with Gasteiger partial charge >= 0.3 is 0 Å². The van der Waals surface area contributed by atoms with Gasteiger partial charge < -0.3 is 10.6 Å². The lowest BCUT2D eigenvalue weighted by molar-refractivity contribution is -0.115. The molecule has 0 aliphatic heterocycles. The third-order valence-electron chi connectivity index (χ3n) is 4.82. The van der Waals surface area contributed by atoms with Crippen molar-refractivity contribution in [1.82, 2.24) is 15.3 Å². The Labute approximate surface area is 190 Å². The number of pyridine rings is 1. The third kappa shape index (κ3) is 5.44. The number of carbonyl (C=O) groups excluding carboxylic acids is 2. The molecule has 0 aliphatic rings. The lowest BCUT2D eigenvalue weighted by Gasteiger charge is -2.11. The fourth-order valence-electron chi connectivity index (χ4n) is 3.14. The summed E-state index contributed by atoms with van der Waals surface area (Å²) in [7, 11) is 0. The van der Waals surface area contributed by atoms with E-state index in [1.54, 1.807) is 36.7 Å². The summed E-state index contributed by atoms with van der Waals surface area (Å²) in [6.07, 6.45) is 3.57. The minimum atomic E-state index is -0.242. The Kier molecular flexibility index (Phi) is 6.67. The molecule has 2 N–H and O–H groups in total.